The van der Waals surface area contributed by atoms with Gasteiger partial charge in [-0.15, -0.1) is 0 Å². The maximum atomic E-state index is 7.93. The molecule has 0 aromatic rings. The number of rotatable bonds is 1. The van der Waals surface area contributed by atoms with Crippen LogP contribution >= 0.6 is 0 Å². The van der Waals surface area contributed by atoms with Crippen LogP contribution in [0.4, 0.5) is 0 Å². The van der Waals surface area contributed by atoms with E-state index in [9.17, 15) is 0 Å². The van der Waals surface area contributed by atoms with E-state index in [2.05, 4.69) is 11.3 Å². The van der Waals surface area contributed by atoms with Crippen molar-refractivity contribution in [2.24, 2.45) is 4.99 Å². The monoisotopic (exact) mass is 108 g/mol. The van der Waals surface area contributed by atoms with E-state index in [1.807, 2.05) is 4.90 Å². The molecule has 8 heavy (non-hydrogen) atoms. The molecule has 3 heteroatoms. The number of likely N-dealkylation sites (tertiary alicyclic amines) is 1. The van der Waals surface area contributed by atoms with Crippen molar-refractivity contribution < 1.29 is 0 Å². The molecule has 0 saturated carbocycles. The van der Waals surface area contributed by atoms with Gasteiger partial charge in [-0.3, -0.25) is 0 Å². The summed E-state index contributed by atoms with van der Waals surface area (Å²) in [6.07, 6.45) is 5.41. The highest BCUT2D eigenvalue weighted by atomic mass is 15.2. The molecule has 1 radical (unpaired) electrons. The topological polar surface area (TPSA) is 39.4 Å². The second-order valence-electron chi connectivity index (χ2n) is 1.65. The molecule has 1 fully saturated rings. The Bertz CT molecular complexity index is 129. The third-order valence-electron chi connectivity index (χ3n) is 1.10. The van der Waals surface area contributed by atoms with Gasteiger partial charge in [0.1, 0.15) is 0 Å². The molecule has 0 bridgehead atoms. The van der Waals surface area contributed by atoms with Crippen LogP contribution in [0, 0.1) is 11.5 Å². The Morgan fingerprint density at radius 1 is 1.50 bits per heavy atom. The van der Waals surface area contributed by atoms with E-state index in [0.717, 1.165) is 13.1 Å². The van der Waals surface area contributed by atoms with Crippen LogP contribution < -0.4 is 0 Å². The summed E-state index contributed by atoms with van der Waals surface area (Å²) in [4.78, 5) is 5.15. The van der Waals surface area contributed by atoms with Crippen molar-refractivity contribution >= 4 is 6.34 Å². The summed E-state index contributed by atoms with van der Waals surface area (Å²) in [5.41, 5.74) is 0. The Balaban J connectivity index is 2.20. The lowest BCUT2D eigenvalue weighted by Gasteiger charge is -2.26. The highest BCUT2D eigenvalue weighted by Crippen LogP contribution is 2.00. The van der Waals surface area contributed by atoms with Crippen LogP contribution in [0.5, 0.6) is 0 Å². The first-order valence-electron chi connectivity index (χ1n) is 2.53. The van der Waals surface area contributed by atoms with Gasteiger partial charge in [0.15, 0.2) is 6.34 Å². The van der Waals surface area contributed by atoms with Crippen LogP contribution in [0.15, 0.2) is 4.99 Å². The summed E-state index contributed by atoms with van der Waals surface area (Å²) in [7, 11) is 0. The van der Waals surface area contributed by atoms with Gasteiger partial charge >= 0.3 is 0 Å². The Hall–Kier alpha value is -1.04. The van der Waals surface area contributed by atoms with E-state index in [-0.39, 0.29) is 0 Å². The molecule has 0 aliphatic carbocycles. The molecule has 1 rings (SSSR count). The van der Waals surface area contributed by atoms with Crippen molar-refractivity contribution in [2.45, 2.75) is 6.42 Å². The van der Waals surface area contributed by atoms with Gasteiger partial charge in [0.25, 0.3) is 0 Å². The number of aliphatic imine (C=N–C) groups is 1. The molecular formula is C5H6N3. The smallest absolute Gasteiger partial charge is 0.207 e. The zero-order chi connectivity index (χ0) is 5.82. The number of hydrogen-bond donors (Lipinski definition) is 0. The lowest BCUT2D eigenvalue weighted by Crippen LogP contribution is -2.35. The average Bonchev–Trinajstić information content (AvgIpc) is 1.63. The molecule has 1 heterocycles. The van der Waals surface area contributed by atoms with Gasteiger partial charge in [-0.05, 0) is 6.42 Å². The van der Waals surface area contributed by atoms with Crippen molar-refractivity contribution in [3.8, 4) is 6.19 Å². The van der Waals surface area contributed by atoms with Crippen molar-refractivity contribution in [1.82, 2.24) is 4.90 Å². The standard InChI is InChI=1S/C5H6N3/c6-4-7-5-8-2-1-3-8/h1-3H2. The van der Waals surface area contributed by atoms with Gasteiger partial charge < -0.3 is 4.90 Å². The summed E-state index contributed by atoms with van der Waals surface area (Å²) in [5.74, 6) is 0. The van der Waals surface area contributed by atoms with E-state index >= 15 is 0 Å². The molecule has 0 aromatic heterocycles. The van der Waals surface area contributed by atoms with Crippen molar-refractivity contribution in [3.05, 3.63) is 0 Å². The summed E-state index contributed by atoms with van der Waals surface area (Å²) < 4.78 is 0. The number of nitriles is 1. The minimum atomic E-state index is 1.01. The van der Waals surface area contributed by atoms with Crippen LogP contribution in [0.3, 0.4) is 0 Å². The molecule has 0 aromatic carbocycles. The van der Waals surface area contributed by atoms with E-state index < -0.39 is 0 Å². The largest absolute Gasteiger partial charge is 0.353 e. The van der Waals surface area contributed by atoms with E-state index in [0.29, 0.717) is 0 Å². The van der Waals surface area contributed by atoms with Gasteiger partial charge in [0.05, 0.1) is 0 Å². The highest BCUT2D eigenvalue weighted by molar-refractivity contribution is 5.57. The Kier molecular flexibility index (Phi) is 1.48. The predicted octanol–water partition coefficient (Wildman–Crippen LogP) is 0.0785. The van der Waals surface area contributed by atoms with Crippen LogP contribution in [-0.4, -0.2) is 24.3 Å². The molecular weight excluding hydrogens is 102 g/mol. The van der Waals surface area contributed by atoms with Crippen LogP contribution in [0.1, 0.15) is 6.42 Å². The van der Waals surface area contributed by atoms with Gasteiger partial charge in [-0.25, -0.2) is 0 Å². The van der Waals surface area contributed by atoms with E-state index in [1.165, 1.54) is 6.42 Å². The molecule has 41 valence electrons. The minimum absolute atomic E-state index is 1.01. The van der Waals surface area contributed by atoms with E-state index in [1.54, 1.807) is 6.19 Å². The molecule has 0 atom stereocenters. The lowest BCUT2D eigenvalue weighted by atomic mass is 10.2. The quantitative estimate of drug-likeness (QED) is 0.271. The first kappa shape index (κ1) is 5.10. The SMILES string of the molecule is N#C/N=[C]/N1CCC1. The fraction of sp³-hybridized carbons (Fsp3) is 0.600. The molecule has 1 aliphatic heterocycles. The summed E-state index contributed by atoms with van der Waals surface area (Å²) >= 11 is 0. The van der Waals surface area contributed by atoms with E-state index in [4.69, 9.17) is 5.26 Å². The zero-order valence-electron chi connectivity index (χ0n) is 4.46. The maximum Gasteiger partial charge on any atom is 0.207 e. The summed E-state index contributed by atoms with van der Waals surface area (Å²) in [6.45, 7) is 2.01. The van der Waals surface area contributed by atoms with Crippen LogP contribution in [0.2, 0.25) is 0 Å². The zero-order valence-corrected chi connectivity index (χ0v) is 4.46. The molecule has 0 unspecified atom stereocenters. The maximum absolute atomic E-state index is 7.93. The lowest BCUT2D eigenvalue weighted by molar-refractivity contribution is 0.310. The van der Waals surface area contributed by atoms with Crippen molar-refractivity contribution in [1.29, 1.82) is 5.26 Å². The number of nitrogens with zero attached hydrogens (tertiary/aromatic N) is 3. The second kappa shape index (κ2) is 2.31. The molecule has 1 saturated heterocycles. The van der Waals surface area contributed by atoms with Crippen LogP contribution in [-0.2, 0) is 0 Å². The predicted molar refractivity (Wildman–Crippen MR) is 29.2 cm³/mol. The minimum Gasteiger partial charge on any atom is -0.353 e. The van der Waals surface area contributed by atoms with Gasteiger partial charge in [0.2, 0.25) is 6.19 Å². The molecule has 3 nitrogen and oxygen atoms in total. The van der Waals surface area contributed by atoms with Gasteiger partial charge in [0, 0.05) is 13.1 Å². The van der Waals surface area contributed by atoms with Crippen molar-refractivity contribution in [2.75, 3.05) is 13.1 Å². The van der Waals surface area contributed by atoms with Crippen LogP contribution in [0.25, 0.3) is 0 Å². The molecule has 0 amide bonds. The fourth-order valence-corrected chi connectivity index (χ4v) is 0.509. The second-order valence-corrected chi connectivity index (χ2v) is 1.65. The Morgan fingerprint density at radius 2 is 2.25 bits per heavy atom. The third-order valence-corrected chi connectivity index (χ3v) is 1.10. The third kappa shape index (κ3) is 0.969. The van der Waals surface area contributed by atoms with Gasteiger partial charge in [-0.1, -0.05) is 0 Å². The average molecular weight is 108 g/mol. The normalized spacial score (nSPS) is 18.1. The Labute approximate surface area is 48.2 Å². The first-order valence-corrected chi connectivity index (χ1v) is 2.53. The summed E-state index contributed by atoms with van der Waals surface area (Å²) in [6, 6.07) is 0. The highest BCUT2D eigenvalue weighted by Gasteiger charge is 2.08. The van der Waals surface area contributed by atoms with Crippen molar-refractivity contribution in [3.63, 3.8) is 0 Å². The summed E-state index contributed by atoms with van der Waals surface area (Å²) in [5, 5.41) is 7.93. The Morgan fingerprint density at radius 3 is 2.62 bits per heavy atom. The van der Waals surface area contributed by atoms with Gasteiger partial charge in [-0.2, -0.15) is 10.3 Å². The fourth-order valence-electron chi connectivity index (χ4n) is 0.509. The molecule has 0 N–H and O–H groups in total. The number of hydrogen-bond acceptors (Lipinski definition) is 2. The first-order chi connectivity index (χ1) is 3.93. The molecule has 1 aliphatic rings. The molecule has 0 spiro atoms.